The van der Waals surface area contributed by atoms with Crippen LogP contribution in [0.5, 0.6) is 0 Å². The maximum absolute atomic E-state index is 9.39. The van der Waals surface area contributed by atoms with Crippen molar-refractivity contribution in [3.63, 3.8) is 0 Å². The Balaban J connectivity index is 2.16. The van der Waals surface area contributed by atoms with Crippen LogP contribution in [0.15, 0.2) is 48.5 Å². The molecule has 0 radical (unpaired) electrons. The van der Waals surface area contributed by atoms with Crippen molar-refractivity contribution in [2.75, 3.05) is 19.0 Å². The molecule has 0 bridgehead atoms. The lowest BCUT2D eigenvalue weighted by molar-refractivity contribution is 0.849. The number of hydrogen-bond acceptors (Lipinski definition) is 2. The van der Waals surface area contributed by atoms with Crippen LogP contribution >= 0.6 is 11.6 Å². The van der Waals surface area contributed by atoms with Gasteiger partial charge >= 0.3 is 0 Å². The lowest BCUT2D eigenvalue weighted by atomic mass is 9.93. The van der Waals surface area contributed by atoms with Gasteiger partial charge in [-0.3, -0.25) is 0 Å². The Morgan fingerprint density at radius 2 is 1.65 bits per heavy atom. The molecule has 0 N–H and O–H groups in total. The average molecular weight is 285 g/mol. The maximum Gasteiger partial charge on any atom is 0.0753 e. The summed E-state index contributed by atoms with van der Waals surface area (Å²) in [5.41, 5.74) is 3.31. The van der Waals surface area contributed by atoms with Gasteiger partial charge in [0.15, 0.2) is 0 Å². The molecule has 2 rings (SSSR count). The predicted molar refractivity (Wildman–Crippen MR) is 84.3 cm³/mol. The van der Waals surface area contributed by atoms with Crippen LogP contribution in [0.4, 0.5) is 5.69 Å². The monoisotopic (exact) mass is 284 g/mol. The van der Waals surface area contributed by atoms with E-state index in [1.165, 1.54) is 0 Å². The Kier molecular flexibility index (Phi) is 4.65. The van der Waals surface area contributed by atoms with Crippen LogP contribution in [0, 0.1) is 11.3 Å². The first kappa shape index (κ1) is 14.4. The van der Waals surface area contributed by atoms with Crippen LogP contribution in [-0.4, -0.2) is 14.1 Å². The Bertz CT molecular complexity index is 594. The van der Waals surface area contributed by atoms with Gasteiger partial charge in [0.25, 0.3) is 0 Å². The molecule has 2 aromatic rings. The Labute approximate surface area is 125 Å². The highest BCUT2D eigenvalue weighted by Gasteiger charge is 2.11. The maximum atomic E-state index is 9.39. The molecule has 0 aromatic heterocycles. The van der Waals surface area contributed by atoms with Gasteiger partial charge in [0, 0.05) is 24.8 Å². The van der Waals surface area contributed by atoms with Crippen molar-refractivity contribution in [1.29, 1.82) is 5.26 Å². The number of halogens is 1. The van der Waals surface area contributed by atoms with Gasteiger partial charge in [-0.05, 0) is 41.8 Å². The van der Waals surface area contributed by atoms with Gasteiger partial charge in [0.1, 0.15) is 0 Å². The zero-order valence-electron chi connectivity index (χ0n) is 11.7. The summed E-state index contributed by atoms with van der Waals surface area (Å²) in [7, 11) is 4.01. The van der Waals surface area contributed by atoms with Gasteiger partial charge in [-0.2, -0.15) is 5.26 Å². The third kappa shape index (κ3) is 3.53. The smallest absolute Gasteiger partial charge is 0.0753 e. The van der Waals surface area contributed by atoms with Crippen molar-refractivity contribution in [2.24, 2.45) is 0 Å². The highest BCUT2D eigenvalue weighted by molar-refractivity contribution is 6.30. The summed E-state index contributed by atoms with van der Waals surface area (Å²) in [6.07, 6.45) is 0.703. The van der Waals surface area contributed by atoms with Gasteiger partial charge in [-0.15, -0.1) is 0 Å². The summed E-state index contributed by atoms with van der Waals surface area (Å²) in [5.74, 6) is -0.132. The Morgan fingerprint density at radius 1 is 1.05 bits per heavy atom. The molecule has 20 heavy (non-hydrogen) atoms. The van der Waals surface area contributed by atoms with E-state index in [1.54, 1.807) is 0 Å². The molecule has 0 aliphatic carbocycles. The summed E-state index contributed by atoms with van der Waals surface area (Å²) in [5, 5.41) is 10.1. The summed E-state index contributed by atoms with van der Waals surface area (Å²) in [4.78, 5) is 2.05. The van der Waals surface area contributed by atoms with Crippen molar-refractivity contribution in [3.05, 3.63) is 64.7 Å². The van der Waals surface area contributed by atoms with E-state index < -0.39 is 0 Å². The molecule has 0 fully saturated rings. The highest BCUT2D eigenvalue weighted by atomic mass is 35.5. The van der Waals surface area contributed by atoms with E-state index in [1.807, 2.05) is 67.5 Å². The molecular weight excluding hydrogens is 268 g/mol. The zero-order chi connectivity index (χ0) is 14.5. The van der Waals surface area contributed by atoms with Crippen molar-refractivity contribution >= 4 is 17.3 Å². The molecule has 0 spiro atoms. The third-order valence-electron chi connectivity index (χ3n) is 3.32. The first-order valence-electron chi connectivity index (χ1n) is 6.51. The van der Waals surface area contributed by atoms with E-state index in [0.717, 1.165) is 21.8 Å². The second-order valence-electron chi connectivity index (χ2n) is 5.00. The SMILES string of the molecule is CN(C)c1ccc(C(C#N)Cc2ccc(Cl)cc2)cc1. The summed E-state index contributed by atoms with van der Waals surface area (Å²) in [6.45, 7) is 0. The molecule has 0 amide bonds. The molecule has 0 aliphatic rings. The predicted octanol–water partition coefficient (Wildman–Crippen LogP) is 4.26. The minimum atomic E-state index is -0.132. The lowest BCUT2D eigenvalue weighted by Gasteiger charge is -2.14. The number of nitrogens with zero attached hydrogens (tertiary/aromatic N) is 2. The summed E-state index contributed by atoms with van der Waals surface area (Å²) < 4.78 is 0. The van der Waals surface area contributed by atoms with Crippen LogP contribution in [0.1, 0.15) is 17.0 Å². The van der Waals surface area contributed by atoms with Crippen molar-refractivity contribution in [2.45, 2.75) is 12.3 Å². The number of rotatable bonds is 4. The second-order valence-corrected chi connectivity index (χ2v) is 5.43. The van der Waals surface area contributed by atoms with Crippen molar-refractivity contribution in [1.82, 2.24) is 0 Å². The largest absolute Gasteiger partial charge is 0.378 e. The quantitative estimate of drug-likeness (QED) is 0.839. The number of nitriles is 1. The molecule has 0 aliphatic heterocycles. The zero-order valence-corrected chi connectivity index (χ0v) is 12.4. The standard InChI is InChI=1S/C17H17ClN2/c1-20(2)17-9-5-14(6-10-17)15(12-19)11-13-3-7-16(18)8-4-13/h3-10,15H,11H2,1-2H3. The molecule has 3 heteroatoms. The van der Waals surface area contributed by atoms with Crippen molar-refractivity contribution < 1.29 is 0 Å². The molecule has 2 aromatic carbocycles. The lowest BCUT2D eigenvalue weighted by Crippen LogP contribution is -2.08. The van der Waals surface area contributed by atoms with E-state index in [2.05, 4.69) is 6.07 Å². The third-order valence-corrected chi connectivity index (χ3v) is 3.57. The van der Waals surface area contributed by atoms with Gasteiger partial charge < -0.3 is 4.90 Å². The van der Waals surface area contributed by atoms with Crippen LogP contribution in [0.3, 0.4) is 0 Å². The minimum Gasteiger partial charge on any atom is -0.378 e. The molecule has 1 unspecified atom stereocenters. The molecule has 0 heterocycles. The summed E-state index contributed by atoms with van der Waals surface area (Å²) >= 11 is 5.88. The first-order chi connectivity index (χ1) is 9.60. The molecule has 1 atom stereocenters. The molecule has 0 saturated heterocycles. The minimum absolute atomic E-state index is 0.132. The van der Waals surface area contributed by atoms with E-state index in [-0.39, 0.29) is 5.92 Å². The van der Waals surface area contributed by atoms with Crippen LogP contribution in [0.2, 0.25) is 5.02 Å². The van der Waals surface area contributed by atoms with Gasteiger partial charge in [0.2, 0.25) is 0 Å². The van der Waals surface area contributed by atoms with E-state index >= 15 is 0 Å². The van der Waals surface area contributed by atoms with Crippen LogP contribution < -0.4 is 4.90 Å². The first-order valence-corrected chi connectivity index (χ1v) is 6.89. The highest BCUT2D eigenvalue weighted by Crippen LogP contribution is 2.23. The van der Waals surface area contributed by atoms with Gasteiger partial charge in [-0.1, -0.05) is 35.9 Å². The number of hydrogen-bond donors (Lipinski definition) is 0. The average Bonchev–Trinajstić information content (AvgIpc) is 2.47. The van der Waals surface area contributed by atoms with Gasteiger partial charge in [0.05, 0.1) is 12.0 Å². The Morgan fingerprint density at radius 3 is 2.15 bits per heavy atom. The molecule has 0 saturated carbocycles. The van der Waals surface area contributed by atoms with E-state index in [9.17, 15) is 5.26 Å². The fourth-order valence-corrected chi connectivity index (χ4v) is 2.22. The van der Waals surface area contributed by atoms with Crippen LogP contribution in [-0.2, 0) is 6.42 Å². The number of anilines is 1. The fourth-order valence-electron chi connectivity index (χ4n) is 2.10. The Hall–Kier alpha value is -1.98. The number of benzene rings is 2. The fraction of sp³-hybridized carbons (Fsp3) is 0.235. The second kappa shape index (κ2) is 6.45. The normalized spacial score (nSPS) is 11.7. The molecule has 2 nitrogen and oxygen atoms in total. The van der Waals surface area contributed by atoms with E-state index in [0.29, 0.717) is 6.42 Å². The topological polar surface area (TPSA) is 27.0 Å². The molecule has 102 valence electrons. The van der Waals surface area contributed by atoms with Crippen LogP contribution in [0.25, 0.3) is 0 Å². The summed E-state index contributed by atoms with van der Waals surface area (Å²) in [6, 6.07) is 18.2. The van der Waals surface area contributed by atoms with E-state index in [4.69, 9.17) is 11.6 Å². The molecular formula is C17H17ClN2. The van der Waals surface area contributed by atoms with Gasteiger partial charge in [-0.25, -0.2) is 0 Å². The van der Waals surface area contributed by atoms with Crippen molar-refractivity contribution in [3.8, 4) is 6.07 Å².